The summed E-state index contributed by atoms with van der Waals surface area (Å²) in [6.45, 7) is 2.48. The van der Waals surface area contributed by atoms with Gasteiger partial charge in [0.15, 0.2) is 0 Å². The Morgan fingerprint density at radius 3 is 2.52 bits per heavy atom. The molecule has 0 fully saturated rings. The molecule has 1 aromatic heterocycles. The Bertz CT molecular complexity index is 673. The van der Waals surface area contributed by atoms with Crippen molar-refractivity contribution in [3.63, 3.8) is 0 Å². The fourth-order valence-electron chi connectivity index (χ4n) is 1.94. The van der Waals surface area contributed by atoms with Gasteiger partial charge in [-0.3, -0.25) is 0 Å². The van der Waals surface area contributed by atoms with E-state index in [1.54, 1.807) is 0 Å². The molecule has 1 aromatic carbocycles. The summed E-state index contributed by atoms with van der Waals surface area (Å²) >= 11 is 0. The number of aromatic nitrogens is 1. The minimum Gasteiger partial charge on any atom is -0.472 e. The summed E-state index contributed by atoms with van der Waals surface area (Å²) < 4.78 is 32.3. The van der Waals surface area contributed by atoms with Gasteiger partial charge in [0.1, 0.15) is 18.2 Å². The SMILES string of the molecule is Cc1nc(OCc2ccccc2)c(C#N)cc1C(C)(F)F. The summed E-state index contributed by atoms with van der Waals surface area (Å²) in [7, 11) is 0. The first-order valence-electron chi connectivity index (χ1n) is 6.38. The highest BCUT2D eigenvalue weighted by Gasteiger charge is 2.28. The van der Waals surface area contributed by atoms with Crippen molar-refractivity contribution in [1.82, 2.24) is 4.98 Å². The van der Waals surface area contributed by atoms with Crippen molar-refractivity contribution < 1.29 is 13.5 Å². The van der Waals surface area contributed by atoms with Gasteiger partial charge >= 0.3 is 0 Å². The summed E-state index contributed by atoms with van der Waals surface area (Å²) in [5.74, 6) is -2.97. The second-order valence-electron chi connectivity index (χ2n) is 4.75. The molecule has 0 N–H and O–H groups in total. The van der Waals surface area contributed by atoms with Gasteiger partial charge < -0.3 is 4.74 Å². The number of nitriles is 1. The van der Waals surface area contributed by atoms with Crippen LogP contribution in [0.3, 0.4) is 0 Å². The van der Waals surface area contributed by atoms with Crippen LogP contribution in [0.25, 0.3) is 0 Å². The molecule has 0 saturated heterocycles. The second-order valence-corrected chi connectivity index (χ2v) is 4.75. The van der Waals surface area contributed by atoms with Crippen LogP contribution in [-0.2, 0) is 12.5 Å². The highest BCUT2D eigenvalue weighted by atomic mass is 19.3. The molecule has 0 saturated carbocycles. The summed E-state index contributed by atoms with van der Waals surface area (Å²) in [6, 6.07) is 12.3. The van der Waals surface area contributed by atoms with Crippen LogP contribution in [0.2, 0.25) is 0 Å². The third-order valence-corrected chi connectivity index (χ3v) is 2.99. The van der Waals surface area contributed by atoms with Crippen LogP contribution in [0.15, 0.2) is 36.4 Å². The average Bonchev–Trinajstić information content (AvgIpc) is 2.45. The summed E-state index contributed by atoms with van der Waals surface area (Å²) in [6.07, 6.45) is 0. The first-order valence-corrected chi connectivity index (χ1v) is 6.38. The highest BCUT2D eigenvalue weighted by molar-refractivity contribution is 5.43. The van der Waals surface area contributed by atoms with Crippen molar-refractivity contribution in [3.05, 3.63) is 58.8 Å². The molecule has 5 heteroatoms. The lowest BCUT2D eigenvalue weighted by molar-refractivity contribution is 0.0162. The maximum atomic E-state index is 13.4. The molecule has 108 valence electrons. The maximum Gasteiger partial charge on any atom is 0.272 e. The zero-order valence-electron chi connectivity index (χ0n) is 11.7. The first kappa shape index (κ1) is 14.9. The minimum atomic E-state index is -3.04. The lowest BCUT2D eigenvalue weighted by Gasteiger charge is -2.15. The van der Waals surface area contributed by atoms with Crippen molar-refractivity contribution in [2.24, 2.45) is 0 Å². The van der Waals surface area contributed by atoms with Gasteiger partial charge in [-0.15, -0.1) is 0 Å². The molecule has 0 unspecified atom stereocenters. The number of aryl methyl sites for hydroxylation is 1. The fraction of sp³-hybridized carbons (Fsp3) is 0.250. The fourth-order valence-corrected chi connectivity index (χ4v) is 1.94. The topological polar surface area (TPSA) is 45.9 Å². The second kappa shape index (κ2) is 5.88. The molecule has 3 nitrogen and oxygen atoms in total. The largest absolute Gasteiger partial charge is 0.472 e. The Morgan fingerprint density at radius 1 is 1.29 bits per heavy atom. The normalized spacial score (nSPS) is 11.0. The number of alkyl halides is 2. The number of halogens is 2. The Hall–Kier alpha value is -2.48. The summed E-state index contributed by atoms with van der Waals surface area (Å²) in [5.41, 5.74) is 0.814. The Balaban J connectivity index is 2.28. The van der Waals surface area contributed by atoms with Crippen LogP contribution in [0.4, 0.5) is 8.78 Å². The van der Waals surface area contributed by atoms with Crippen LogP contribution in [0, 0.1) is 18.3 Å². The third kappa shape index (κ3) is 3.54. The van der Waals surface area contributed by atoms with E-state index in [2.05, 4.69) is 4.98 Å². The smallest absolute Gasteiger partial charge is 0.272 e. The van der Waals surface area contributed by atoms with E-state index in [9.17, 15) is 8.78 Å². The van der Waals surface area contributed by atoms with E-state index in [4.69, 9.17) is 10.00 Å². The number of hydrogen-bond donors (Lipinski definition) is 0. The molecule has 1 heterocycles. The van der Waals surface area contributed by atoms with E-state index in [1.165, 1.54) is 6.92 Å². The van der Waals surface area contributed by atoms with E-state index >= 15 is 0 Å². The van der Waals surface area contributed by atoms with Crippen LogP contribution in [-0.4, -0.2) is 4.98 Å². The monoisotopic (exact) mass is 288 g/mol. The zero-order chi connectivity index (χ0) is 15.5. The van der Waals surface area contributed by atoms with Crippen molar-refractivity contribution in [1.29, 1.82) is 5.26 Å². The molecule has 0 spiro atoms. The zero-order valence-corrected chi connectivity index (χ0v) is 11.7. The van der Waals surface area contributed by atoms with Gasteiger partial charge in [-0.1, -0.05) is 30.3 Å². The lowest BCUT2D eigenvalue weighted by Crippen LogP contribution is -2.12. The number of pyridine rings is 1. The van der Waals surface area contributed by atoms with Crippen molar-refractivity contribution in [2.75, 3.05) is 0 Å². The molecule has 0 aliphatic carbocycles. The van der Waals surface area contributed by atoms with Gasteiger partial charge in [0.25, 0.3) is 5.92 Å². The Labute approximate surface area is 121 Å². The van der Waals surface area contributed by atoms with Gasteiger partial charge in [-0.25, -0.2) is 13.8 Å². The Morgan fingerprint density at radius 2 is 1.95 bits per heavy atom. The third-order valence-electron chi connectivity index (χ3n) is 2.99. The molecule has 0 amide bonds. The Kier molecular flexibility index (Phi) is 4.18. The number of hydrogen-bond acceptors (Lipinski definition) is 3. The van der Waals surface area contributed by atoms with Crippen molar-refractivity contribution in [2.45, 2.75) is 26.4 Å². The molecular formula is C16H14F2N2O. The number of benzene rings is 1. The van der Waals surface area contributed by atoms with E-state index in [-0.39, 0.29) is 29.3 Å². The summed E-state index contributed by atoms with van der Waals surface area (Å²) in [4.78, 5) is 4.00. The standard InChI is InChI=1S/C16H14F2N2O/c1-11-14(16(2,17)18)8-13(9-19)15(20-11)21-10-12-6-4-3-5-7-12/h3-8H,10H2,1-2H3. The predicted molar refractivity (Wildman–Crippen MR) is 74.0 cm³/mol. The molecule has 0 aliphatic heterocycles. The number of rotatable bonds is 4. The molecule has 0 atom stereocenters. The van der Waals surface area contributed by atoms with Crippen LogP contribution in [0.1, 0.15) is 29.3 Å². The van der Waals surface area contributed by atoms with Crippen LogP contribution in [0.5, 0.6) is 5.88 Å². The first-order chi connectivity index (χ1) is 9.91. The number of ether oxygens (including phenoxy) is 1. The van der Waals surface area contributed by atoms with Gasteiger partial charge in [-0.2, -0.15) is 5.26 Å². The summed E-state index contributed by atoms with van der Waals surface area (Å²) in [5, 5.41) is 9.08. The van der Waals surface area contributed by atoms with Gasteiger partial charge in [0.05, 0.1) is 5.69 Å². The maximum absolute atomic E-state index is 13.4. The molecule has 2 rings (SSSR count). The van der Waals surface area contributed by atoms with E-state index in [1.807, 2.05) is 36.4 Å². The molecule has 0 radical (unpaired) electrons. The predicted octanol–water partition coefficient (Wildman–Crippen LogP) is 3.95. The lowest BCUT2D eigenvalue weighted by atomic mass is 10.1. The average molecular weight is 288 g/mol. The molecule has 0 aliphatic rings. The molecule has 0 bridgehead atoms. The van der Waals surface area contributed by atoms with E-state index in [0.29, 0.717) is 0 Å². The van der Waals surface area contributed by atoms with Crippen molar-refractivity contribution >= 4 is 0 Å². The molecule has 21 heavy (non-hydrogen) atoms. The van der Waals surface area contributed by atoms with E-state index < -0.39 is 5.92 Å². The minimum absolute atomic E-state index is 0.00746. The molecule has 2 aromatic rings. The highest BCUT2D eigenvalue weighted by Crippen LogP contribution is 2.32. The molecular weight excluding hydrogens is 274 g/mol. The number of nitrogens with zero attached hydrogens (tertiary/aromatic N) is 2. The van der Waals surface area contributed by atoms with Crippen LogP contribution < -0.4 is 4.74 Å². The van der Waals surface area contributed by atoms with Gasteiger partial charge in [0, 0.05) is 12.5 Å². The van der Waals surface area contributed by atoms with Crippen LogP contribution >= 0.6 is 0 Å². The van der Waals surface area contributed by atoms with E-state index in [0.717, 1.165) is 18.6 Å². The quantitative estimate of drug-likeness (QED) is 0.855. The van der Waals surface area contributed by atoms with Gasteiger partial charge in [-0.05, 0) is 18.6 Å². The van der Waals surface area contributed by atoms with Gasteiger partial charge in [0.2, 0.25) is 5.88 Å². The van der Waals surface area contributed by atoms with Crippen molar-refractivity contribution in [3.8, 4) is 11.9 Å².